The summed E-state index contributed by atoms with van der Waals surface area (Å²) < 4.78 is -0.0259. The summed E-state index contributed by atoms with van der Waals surface area (Å²) in [6, 6.07) is 8.48. The van der Waals surface area contributed by atoms with Crippen molar-refractivity contribution in [2.24, 2.45) is 11.5 Å². The predicted octanol–water partition coefficient (Wildman–Crippen LogP) is 2.16. The molecule has 0 atom stereocenters. The molecule has 0 bridgehead atoms. The Morgan fingerprint density at radius 1 is 1.14 bits per heavy atom. The number of hydrogen-bond donors (Lipinski definition) is 2. The standard InChI is InChI=1S/C11H18N2S/c1-8-4-6-9(7-5-8)11(2,3)14-10(12)13/h4-7,10H,12-13H2,1-3H3. The second-order valence-corrected chi connectivity index (χ2v) is 5.76. The molecule has 0 aliphatic heterocycles. The summed E-state index contributed by atoms with van der Waals surface area (Å²) in [6.45, 7) is 6.35. The van der Waals surface area contributed by atoms with E-state index in [-0.39, 0.29) is 10.2 Å². The average Bonchev–Trinajstić information content (AvgIpc) is 2.02. The summed E-state index contributed by atoms with van der Waals surface area (Å²) in [4.78, 5) is 0. The summed E-state index contributed by atoms with van der Waals surface area (Å²) in [6.07, 6.45) is 0. The van der Waals surface area contributed by atoms with Gasteiger partial charge < -0.3 is 11.5 Å². The molecular weight excluding hydrogens is 192 g/mol. The highest BCUT2D eigenvalue weighted by molar-refractivity contribution is 8.00. The lowest BCUT2D eigenvalue weighted by atomic mass is 10.0. The lowest BCUT2D eigenvalue weighted by molar-refractivity contribution is 0.768. The number of thioether (sulfide) groups is 1. The van der Waals surface area contributed by atoms with E-state index in [0.717, 1.165) is 0 Å². The highest BCUT2D eigenvalue weighted by Gasteiger charge is 2.22. The van der Waals surface area contributed by atoms with Crippen molar-refractivity contribution in [3.8, 4) is 0 Å². The SMILES string of the molecule is Cc1ccc(C(C)(C)SC(N)N)cc1. The highest BCUT2D eigenvalue weighted by Crippen LogP contribution is 2.35. The van der Waals surface area contributed by atoms with Crippen molar-refractivity contribution < 1.29 is 0 Å². The van der Waals surface area contributed by atoms with Crippen LogP contribution in [-0.4, -0.2) is 5.50 Å². The lowest BCUT2D eigenvalue weighted by Crippen LogP contribution is -2.31. The average molecular weight is 210 g/mol. The molecule has 0 radical (unpaired) electrons. The number of nitrogens with two attached hydrogens (primary N) is 2. The molecule has 1 aromatic rings. The zero-order valence-corrected chi connectivity index (χ0v) is 9.77. The number of benzene rings is 1. The fourth-order valence-electron chi connectivity index (χ4n) is 1.36. The molecule has 0 saturated carbocycles. The minimum Gasteiger partial charge on any atom is -0.307 e. The van der Waals surface area contributed by atoms with Gasteiger partial charge >= 0.3 is 0 Å². The van der Waals surface area contributed by atoms with Crippen molar-refractivity contribution in [3.63, 3.8) is 0 Å². The quantitative estimate of drug-likeness (QED) is 0.752. The van der Waals surface area contributed by atoms with Crippen molar-refractivity contribution in [3.05, 3.63) is 35.4 Å². The smallest absolute Gasteiger partial charge is 0.101 e. The van der Waals surface area contributed by atoms with E-state index in [9.17, 15) is 0 Å². The fraction of sp³-hybridized carbons (Fsp3) is 0.455. The first-order chi connectivity index (χ1) is 6.42. The number of rotatable bonds is 3. The molecule has 0 aromatic heterocycles. The minimum atomic E-state index is -0.327. The van der Waals surface area contributed by atoms with Gasteiger partial charge in [-0.05, 0) is 26.3 Å². The van der Waals surface area contributed by atoms with E-state index in [2.05, 4.69) is 45.0 Å². The van der Waals surface area contributed by atoms with Crippen LogP contribution in [0.4, 0.5) is 0 Å². The molecule has 2 nitrogen and oxygen atoms in total. The summed E-state index contributed by atoms with van der Waals surface area (Å²) >= 11 is 1.57. The molecule has 14 heavy (non-hydrogen) atoms. The van der Waals surface area contributed by atoms with Gasteiger partial charge in [0.1, 0.15) is 5.50 Å². The van der Waals surface area contributed by atoms with Crippen LogP contribution in [0.2, 0.25) is 0 Å². The first kappa shape index (κ1) is 11.6. The predicted molar refractivity (Wildman–Crippen MR) is 64.0 cm³/mol. The Bertz CT molecular complexity index is 291. The summed E-state index contributed by atoms with van der Waals surface area (Å²) in [5, 5.41) is 0. The van der Waals surface area contributed by atoms with Crippen LogP contribution in [0, 0.1) is 6.92 Å². The molecule has 1 aromatic carbocycles. The molecule has 78 valence electrons. The van der Waals surface area contributed by atoms with Gasteiger partial charge in [-0.2, -0.15) is 0 Å². The molecule has 0 amide bonds. The number of hydrogen-bond acceptors (Lipinski definition) is 3. The van der Waals surface area contributed by atoms with Crippen LogP contribution >= 0.6 is 11.8 Å². The van der Waals surface area contributed by atoms with E-state index in [1.54, 1.807) is 11.8 Å². The van der Waals surface area contributed by atoms with Crippen LogP contribution in [-0.2, 0) is 4.75 Å². The molecule has 0 aliphatic carbocycles. The van der Waals surface area contributed by atoms with Crippen LogP contribution in [0.1, 0.15) is 25.0 Å². The Kier molecular flexibility index (Phi) is 3.59. The van der Waals surface area contributed by atoms with E-state index in [4.69, 9.17) is 11.5 Å². The second kappa shape index (κ2) is 4.34. The van der Waals surface area contributed by atoms with Crippen LogP contribution < -0.4 is 11.5 Å². The third-order valence-corrected chi connectivity index (χ3v) is 3.27. The monoisotopic (exact) mass is 210 g/mol. The molecule has 0 fully saturated rings. The Morgan fingerprint density at radius 3 is 2.07 bits per heavy atom. The fourth-order valence-corrected chi connectivity index (χ4v) is 2.32. The van der Waals surface area contributed by atoms with E-state index in [0.29, 0.717) is 0 Å². The van der Waals surface area contributed by atoms with Gasteiger partial charge in [0.05, 0.1) is 0 Å². The zero-order chi connectivity index (χ0) is 10.8. The maximum Gasteiger partial charge on any atom is 0.101 e. The first-order valence-corrected chi connectivity index (χ1v) is 5.56. The molecular formula is C11H18N2S. The van der Waals surface area contributed by atoms with E-state index in [1.807, 2.05) is 0 Å². The topological polar surface area (TPSA) is 52.0 Å². The Labute approximate surface area is 90.1 Å². The van der Waals surface area contributed by atoms with Gasteiger partial charge in [-0.15, -0.1) is 11.8 Å². The van der Waals surface area contributed by atoms with Crippen LogP contribution in [0.25, 0.3) is 0 Å². The second-order valence-electron chi connectivity index (χ2n) is 3.96. The van der Waals surface area contributed by atoms with Crippen molar-refractivity contribution in [1.82, 2.24) is 0 Å². The summed E-state index contributed by atoms with van der Waals surface area (Å²) in [5.41, 5.74) is 13.4. The molecule has 1 rings (SSSR count). The van der Waals surface area contributed by atoms with Gasteiger partial charge in [-0.25, -0.2) is 0 Å². The maximum absolute atomic E-state index is 5.59. The van der Waals surface area contributed by atoms with Gasteiger partial charge in [-0.3, -0.25) is 0 Å². The largest absolute Gasteiger partial charge is 0.307 e. The zero-order valence-electron chi connectivity index (χ0n) is 8.95. The van der Waals surface area contributed by atoms with Crippen LogP contribution in [0.5, 0.6) is 0 Å². The van der Waals surface area contributed by atoms with E-state index >= 15 is 0 Å². The van der Waals surface area contributed by atoms with E-state index in [1.165, 1.54) is 11.1 Å². The van der Waals surface area contributed by atoms with Crippen LogP contribution in [0.15, 0.2) is 24.3 Å². The molecule has 0 unspecified atom stereocenters. The van der Waals surface area contributed by atoms with Gasteiger partial charge in [0, 0.05) is 4.75 Å². The Balaban J connectivity index is 2.86. The maximum atomic E-state index is 5.59. The third kappa shape index (κ3) is 3.01. The van der Waals surface area contributed by atoms with Gasteiger partial charge in [0.15, 0.2) is 0 Å². The minimum absolute atomic E-state index is 0.0259. The van der Waals surface area contributed by atoms with Crippen molar-refractivity contribution in [2.75, 3.05) is 0 Å². The van der Waals surface area contributed by atoms with Gasteiger partial charge in [0.25, 0.3) is 0 Å². The van der Waals surface area contributed by atoms with Gasteiger partial charge in [0.2, 0.25) is 0 Å². The van der Waals surface area contributed by atoms with Gasteiger partial charge in [-0.1, -0.05) is 29.8 Å². The normalized spacial score (nSPS) is 12.1. The van der Waals surface area contributed by atoms with Crippen LogP contribution in [0.3, 0.4) is 0 Å². The summed E-state index contributed by atoms with van der Waals surface area (Å²) in [5.74, 6) is 0. The van der Waals surface area contributed by atoms with Crippen molar-refractivity contribution in [1.29, 1.82) is 0 Å². The van der Waals surface area contributed by atoms with E-state index < -0.39 is 0 Å². The third-order valence-electron chi connectivity index (χ3n) is 2.18. The molecule has 0 heterocycles. The molecule has 0 saturated heterocycles. The summed E-state index contributed by atoms with van der Waals surface area (Å²) in [7, 11) is 0. The van der Waals surface area contributed by atoms with Crippen molar-refractivity contribution in [2.45, 2.75) is 31.0 Å². The Morgan fingerprint density at radius 2 is 1.64 bits per heavy atom. The lowest BCUT2D eigenvalue weighted by Gasteiger charge is -2.26. The number of aryl methyl sites for hydroxylation is 1. The first-order valence-electron chi connectivity index (χ1n) is 4.68. The molecule has 0 aliphatic rings. The Hall–Kier alpha value is -0.510. The molecule has 3 heteroatoms. The molecule has 0 spiro atoms. The highest BCUT2D eigenvalue weighted by atomic mass is 32.2. The molecule has 4 N–H and O–H groups in total. The van der Waals surface area contributed by atoms with Crippen molar-refractivity contribution >= 4 is 11.8 Å².